The molecule has 0 aliphatic carbocycles. The molecule has 2 amide bonds. The molecule has 11 nitrogen and oxygen atoms in total. The van der Waals surface area contributed by atoms with Crippen LogP contribution < -0.4 is 21.3 Å². The quantitative estimate of drug-likeness (QED) is 0.499. The van der Waals surface area contributed by atoms with Gasteiger partial charge in [0, 0.05) is 19.0 Å². The maximum Gasteiger partial charge on any atom is 0.263 e. The van der Waals surface area contributed by atoms with Crippen molar-refractivity contribution in [1.29, 1.82) is 0 Å². The van der Waals surface area contributed by atoms with Crippen LogP contribution in [0.2, 0.25) is 0 Å². The second-order valence-corrected chi connectivity index (χ2v) is 8.28. The molecule has 0 aromatic carbocycles. The first-order chi connectivity index (χ1) is 16.4. The van der Waals surface area contributed by atoms with Crippen LogP contribution in [0.4, 0.5) is 26.0 Å². The first-order valence-corrected chi connectivity index (χ1v) is 10.8. The average molecular weight is 472 g/mol. The number of hydrogen-bond acceptors (Lipinski definition) is 8. The summed E-state index contributed by atoms with van der Waals surface area (Å²) in [6.45, 7) is 1.89. The Bertz CT molecular complexity index is 1250. The van der Waals surface area contributed by atoms with Gasteiger partial charge in [0.05, 0.1) is 49.7 Å². The second-order valence-electron chi connectivity index (χ2n) is 8.28. The molecule has 13 heteroatoms. The van der Waals surface area contributed by atoms with Gasteiger partial charge in [-0.3, -0.25) is 14.6 Å². The minimum Gasteiger partial charge on any atom is -0.381 e. The summed E-state index contributed by atoms with van der Waals surface area (Å²) in [6.07, 6.45) is 5.45. The van der Waals surface area contributed by atoms with E-state index in [1.165, 1.54) is 6.20 Å². The maximum absolute atomic E-state index is 14.8. The molecule has 2 saturated heterocycles. The molecule has 0 unspecified atom stereocenters. The highest BCUT2D eigenvalue weighted by atomic mass is 19.1. The van der Waals surface area contributed by atoms with E-state index in [9.17, 15) is 18.4 Å². The van der Waals surface area contributed by atoms with E-state index in [0.29, 0.717) is 39.1 Å². The Labute approximate surface area is 192 Å². The van der Waals surface area contributed by atoms with Gasteiger partial charge in [0.1, 0.15) is 11.3 Å². The van der Waals surface area contributed by atoms with E-state index in [1.54, 1.807) is 4.90 Å². The number of pyridine rings is 1. The fourth-order valence-corrected chi connectivity index (χ4v) is 4.18. The molecular weight excluding hydrogens is 450 g/mol. The van der Waals surface area contributed by atoms with Crippen LogP contribution in [0.15, 0.2) is 24.8 Å². The molecule has 0 radical (unpaired) electrons. The summed E-state index contributed by atoms with van der Waals surface area (Å²) in [5.41, 5.74) is 6.17. The Morgan fingerprint density at radius 3 is 2.62 bits per heavy atom. The van der Waals surface area contributed by atoms with E-state index in [-0.39, 0.29) is 46.3 Å². The number of piperidine rings is 1. The number of carbonyl (C=O) groups excluding carboxylic acids is 2. The lowest BCUT2D eigenvalue weighted by molar-refractivity contribution is -0.129. The molecule has 0 spiro atoms. The maximum atomic E-state index is 14.8. The Hall–Kier alpha value is -3.87. The highest BCUT2D eigenvalue weighted by molar-refractivity contribution is 6.12. The van der Waals surface area contributed by atoms with E-state index < -0.39 is 17.5 Å². The van der Waals surface area contributed by atoms with Crippen LogP contribution >= 0.6 is 0 Å². The highest BCUT2D eigenvalue weighted by Gasteiger charge is 2.31. The van der Waals surface area contributed by atoms with Crippen LogP contribution in [-0.2, 0) is 9.53 Å². The minimum atomic E-state index is -0.683. The normalized spacial score (nSPS) is 16.9. The lowest BCUT2D eigenvalue weighted by atomic mass is 9.95. The monoisotopic (exact) mass is 472 g/mol. The smallest absolute Gasteiger partial charge is 0.263 e. The van der Waals surface area contributed by atoms with Crippen molar-refractivity contribution in [2.24, 2.45) is 5.92 Å². The van der Waals surface area contributed by atoms with Crippen molar-refractivity contribution >= 4 is 34.7 Å². The number of nitrogen functional groups attached to an aromatic ring is 1. The van der Waals surface area contributed by atoms with E-state index in [2.05, 4.69) is 25.7 Å². The SMILES string of the molecule is Nc1nn2cc(F)cnc2c1C(=O)Nc1cncc(F)c1N1CCC(C(=O)NC2COC2)CC1. The molecule has 3 aromatic heterocycles. The van der Waals surface area contributed by atoms with Gasteiger partial charge in [0.2, 0.25) is 5.91 Å². The molecule has 2 aliphatic rings. The number of hydrogen-bond donors (Lipinski definition) is 3. The van der Waals surface area contributed by atoms with Crippen molar-refractivity contribution in [1.82, 2.24) is 24.9 Å². The van der Waals surface area contributed by atoms with Gasteiger partial charge in [-0.05, 0) is 12.8 Å². The third-order valence-corrected chi connectivity index (χ3v) is 5.98. The summed E-state index contributed by atoms with van der Waals surface area (Å²) in [7, 11) is 0. The third kappa shape index (κ3) is 4.09. The number of anilines is 3. The van der Waals surface area contributed by atoms with Gasteiger partial charge >= 0.3 is 0 Å². The largest absolute Gasteiger partial charge is 0.381 e. The molecule has 5 rings (SSSR count). The number of nitrogens with zero attached hydrogens (tertiary/aromatic N) is 5. The Morgan fingerprint density at radius 2 is 1.91 bits per heavy atom. The van der Waals surface area contributed by atoms with Crippen molar-refractivity contribution in [3.63, 3.8) is 0 Å². The van der Waals surface area contributed by atoms with Crippen LogP contribution in [-0.4, -0.2) is 63.7 Å². The number of nitrogens with one attached hydrogen (secondary N) is 2. The van der Waals surface area contributed by atoms with Gasteiger partial charge in [-0.25, -0.2) is 18.3 Å². The third-order valence-electron chi connectivity index (χ3n) is 5.98. The molecule has 2 fully saturated rings. The van der Waals surface area contributed by atoms with Crippen LogP contribution in [0.3, 0.4) is 0 Å². The van der Waals surface area contributed by atoms with Crippen LogP contribution in [0.25, 0.3) is 5.65 Å². The standard InChI is InChI=1S/C21H22F2N8O3/c22-12-5-26-19-16(18(24)29-31(19)8-12)21(33)28-15-7-25-6-14(23)17(15)30-3-1-11(2-4-30)20(32)27-13-9-34-10-13/h5-8,11,13H,1-4,9-10H2,(H2,24,29)(H,27,32)(H,28,33). The topological polar surface area (TPSA) is 140 Å². The summed E-state index contributed by atoms with van der Waals surface area (Å²) in [5.74, 6) is -2.28. The van der Waals surface area contributed by atoms with Crippen LogP contribution in [0, 0.1) is 17.6 Å². The zero-order chi connectivity index (χ0) is 23.8. The van der Waals surface area contributed by atoms with Gasteiger partial charge in [0.15, 0.2) is 23.1 Å². The van der Waals surface area contributed by atoms with E-state index in [1.807, 2.05) is 0 Å². The summed E-state index contributed by atoms with van der Waals surface area (Å²) in [6, 6.07) is 0.0586. The lowest BCUT2D eigenvalue weighted by Gasteiger charge is -2.35. The molecule has 5 heterocycles. The Morgan fingerprint density at radius 1 is 1.15 bits per heavy atom. The molecular formula is C21H22F2N8O3. The fourth-order valence-electron chi connectivity index (χ4n) is 4.18. The number of amides is 2. The zero-order valence-corrected chi connectivity index (χ0v) is 18.0. The zero-order valence-electron chi connectivity index (χ0n) is 18.0. The lowest BCUT2D eigenvalue weighted by Crippen LogP contribution is -2.51. The fraction of sp³-hybridized carbons (Fsp3) is 0.381. The van der Waals surface area contributed by atoms with Gasteiger partial charge in [-0.2, -0.15) is 0 Å². The summed E-state index contributed by atoms with van der Waals surface area (Å²) >= 11 is 0. The number of carbonyl (C=O) groups is 2. The van der Waals surface area contributed by atoms with E-state index in [0.717, 1.165) is 23.1 Å². The second kappa shape index (κ2) is 8.82. The van der Waals surface area contributed by atoms with Crippen molar-refractivity contribution < 1.29 is 23.1 Å². The summed E-state index contributed by atoms with van der Waals surface area (Å²) in [5, 5.41) is 9.49. The Balaban J connectivity index is 1.33. The first-order valence-electron chi connectivity index (χ1n) is 10.8. The number of rotatable bonds is 5. The van der Waals surface area contributed by atoms with Gasteiger partial charge < -0.3 is 26.0 Å². The number of fused-ring (bicyclic) bond motifs is 1. The summed E-state index contributed by atoms with van der Waals surface area (Å²) < 4.78 is 34.4. The van der Waals surface area contributed by atoms with Crippen LogP contribution in [0.5, 0.6) is 0 Å². The van der Waals surface area contributed by atoms with Crippen molar-refractivity contribution in [2.75, 3.05) is 42.3 Å². The molecule has 0 saturated carbocycles. The van der Waals surface area contributed by atoms with Crippen molar-refractivity contribution in [3.05, 3.63) is 42.0 Å². The predicted molar refractivity (Wildman–Crippen MR) is 117 cm³/mol. The van der Waals surface area contributed by atoms with Crippen molar-refractivity contribution in [2.45, 2.75) is 18.9 Å². The molecule has 178 valence electrons. The number of nitrogens with two attached hydrogens (primary N) is 1. The highest BCUT2D eigenvalue weighted by Crippen LogP contribution is 2.33. The first kappa shape index (κ1) is 21.9. The molecule has 2 aliphatic heterocycles. The van der Waals surface area contributed by atoms with E-state index >= 15 is 0 Å². The molecule has 4 N–H and O–H groups in total. The number of halogens is 2. The minimum absolute atomic E-state index is 0.0239. The van der Waals surface area contributed by atoms with Gasteiger partial charge in [-0.15, -0.1) is 5.10 Å². The molecule has 34 heavy (non-hydrogen) atoms. The van der Waals surface area contributed by atoms with Crippen LogP contribution in [0.1, 0.15) is 23.2 Å². The molecule has 0 bridgehead atoms. The number of aromatic nitrogens is 4. The van der Waals surface area contributed by atoms with Gasteiger partial charge in [0.25, 0.3) is 5.91 Å². The molecule has 0 atom stereocenters. The van der Waals surface area contributed by atoms with E-state index in [4.69, 9.17) is 10.5 Å². The van der Waals surface area contributed by atoms with Crippen molar-refractivity contribution in [3.8, 4) is 0 Å². The summed E-state index contributed by atoms with van der Waals surface area (Å²) in [4.78, 5) is 35.0. The predicted octanol–water partition coefficient (Wildman–Crippen LogP) is 0.968. The van der Waals surface area contributed by atoms with Gasteiger partial charge in [-0.1, -0.05) is 0 Å². The Kier molecular flexibility index (Phi) is 5.69. The average Bonchev–Trinajstić information content (AvgIpc) is 3.11. The molecule has 3 aromatic rings. The number of ether oxygens (including phenoxy) is 1.